The summed E-state index contributed by atoms with van der Waals surface area (Å²) in [6.07, 6.45) is 4.94. The van der Waals surface area contributed by atoms with Gasteiger partial charge in [-0.3, -0.25) is 9.69 Å². The lowest BCUT2D eigenvalue weighted by atomic mass is 9.96. The molecule has 10 heteroatoms. The number of sulfonamides is 1. The molecule has 1 saturated heterocycles. The lowest BCUT2D eigenvalue weighted by Crippen LogP contribution is -2.42. The molecule has 1 aromatic rings. The number of amides is 1. The molecule has 8 nitrogen and oxygen atoms in total. The van der Waals surface area contributed by atoms with Crippen LogP contribution in [0.4, 0.5) is 0 Å². The highest BCUT2D eigenvalue weighted by atomic mass is 35.5. The third-order valence-corrected chi connectivity index (χ3v) is 7.17. The lowest BCUT2D eigenvalue weighted by Gasteiger charge is -2.26. The standard InChI is InChI=1S/C20H30ClN3O5S/c21-18-14-17(30(26,27)23-16-4-2-1-3-5-16)6-7-19(18)29-15-20(25)22-8-9-24-10-12-28-13-11-24/h6-7,14,16,23H,1-5,8-13,15H2,(H,22,25). The molecule has 0 bridgehead atoms. The second-order valence-corrected chi connectivity index (χ2v) is 9.76. The van der Waals surface area contributed by atoms with E-state index in [2.05, 4.69) is 14.9 Å². The van der Waals surface area contributed by atoms with Crippen molar-refractivity contribution in [2.45, 2.75) is 43.0 Å². The number of carbonyl (C=O) groups excluding carboxylic acids is 1. The van der Waals surface area contributed by atoms with Crippen LogP contribution in [0.15, 0.2) is 23.1 Å². The Bertz CT molecular complexity index is 809. The van der Waals surface area contributed by atoms with Gasteiger partial charge in [0.15, 0.2) is 6.61 Å². The molecule has 0 unspecified atom stereocenters. The molecule has 1 amide bonds. The van der Waals surface area contributed by atoms with Crippen LogP contribution in [0, 0.1) is 0 Å². The first kappa shape index (κ1) is 23.3. The van der Waals surface area contributed by atoms with E-state index < -0.39 is 10.0 Å². The van der Waals surface area contributed by atoms with Crippen LogP contribution in [0.3, 0.4) is 0 Å². The van der Waals surface area contributed by atoms with E-state index in [9.17, 15) is 13.2 Å². The van der Waals surface area contributed by atoms with E-state index in [1.54, 1.807) is 0 Å². The molecular formula is C20H30ClN3O5S. The van der Waals surface area contributed by atoms with Crippen LogP contribution in [-0.4, -0.2) is 71.3 Å². The quantitative estimate of drug-likeness (QED) is 0.584. The molecule has 1 aliphatic heterocycles. The van der Waals surface area contributed by atoms with Crippen LogP contribution in [0.5, 0.6) is 5.75 Å². The summed E-state index contributed by atoms with van der Waals surface area (Å²) in [5, 5.41) is 2.96. The van der Waals surface area contributed by atoms with Gasteiger partial charge >= 0.3 is 0 Å². The predicted octanol–water partition coefficient (Wildman–Crippen LogP) is 1.78. The van der Waals surface area contributed by atoms with Crippen molar-refractivity contribution in [3.05, 3.63) is 23.2 Å². The van der Waals surface area contributed by atoms with Crippen molar-refractivity contribution in [1.82, 2.24) is 14.9 Å². The fourth-order valence-corrected chi connectivity index (χ4v) is 5.28. The first-order valence-corrected chi connectivity index (χ1v) is 12.3. The molecule has 1 heterocycles. The molecule has 30 heavy (non-hydrogen) atoms. The number of hydrogen-bond acceptors (Lipinski definition) is 6. The SMILES string of the molecule is O=C(COc1ccc(S(=O)(=O)NC2CCCCC2)cc1Cl)NCCN1CCOCC1. The van der Waals surface area contributed by atoms with Gasteiger partial charge in [-0.2, -0.15) is 0 Å². The first-order valence-electron chi connectivity index (χ1n) is 10.5. The third kappa shape index (κ3) is 7.09. The molecule has 1 aromatic carbocycles. The summed E-state index contributed by atoms with van der Waals surface area (Å²) in [5.41, 5.74) is 0. The van der Waals surface area contributed by atoms with Crippen molar-refractivity contribution in [3.8, 4) is 5.75 Å². The van der Waals surface area contributed by atoms with E-state index in [1.165, 1.54) is 18.2 Å². The number of benzene rings is 1. The molecule has 168 valence electrons. The normalized spacial score (nSPS) is 18.8. The Morgan fingerprint density at radius 2 is 1.93 bits per heavy atom. The number of nitrogens with one attached hydrogen (secondary N) is 2. The van der Waals surface area contributed by atoms with E-state index in [1.807, 2.05) is 0 Å². The van der Waals surface area contributed by atoms with E-state index in [0.29, 0.717) is 6.54 Å². The van der Waals surface area contributed by atoms with Gasteiger partial charge in [-0.15, -0.1) is 0 Å². The summed E-state index contributed by atoms with van der Waals surface area (Å²) in [5.74, 6) is 0.0200. The molecule has 3 rings (SSSR count). The predicted molar refractivity (Wildman–Crippen MR) is 114 cm³/mol. The van der Waals surface area contributed by atoms with Crippen molar-refractivity contribution < 1.29 is 22.7 Å². The van der Waals surface area contributed by atoms with Crippen molar-refractivity contribution in [2.24, 2.45) is 0 Å². The van der Waals surface area contributed by atoms with Gasteiger partial charge in [0.25, 0.3) is 5.91 Å². The van der Waals surface area contributed by atoms with Crippen molar-refractivity contribution in [1.29, 1.82) is 0 Å². The number of ether oxygens (including phenoxy) is 2. The van der Waals surface area contributed by atoms with Gasteiger partial charge in [-0.25, -0.2) is 13.1 Å². The van der Waals surface area contributed by atoms with Crippen LogP contribution in [0.25, 0.3) is 0 Å². The lowest BCUT2D eigenvalue weighted by molar-refractivity contribution is -0.123. The van der Waals surface area contributed by atoms with Crippen molar-refractivity contribution in [3.63, 3.8) is 0 Å². The van der Waals surface area contributed by atoms with Gasteiger partial charge in [-0.1, -0.05) is 30.9 Å². The summed E-state index contributed by atoms with van der Waals surface area (Å²) < 4.78 is 38.7. The fraction of sp³-hybridized carbons (Fsp3) is 0.650. The smallest absolute Gasteiger partial charge is 0.257 e. The Labute approximate surface area is 183 Å². The maximum absolute atomic E-state index is 12.6. The average Bonchev–Trinajstić information content (AvgIpc) is 2.74. The third-order valence-electron chi connectivity index (χ3n) is 5.35. The Balaban J connectivity index is 1.45. The Kier molecular flexibility index (Phi) is 8.76. The molecule has 1 aliphatic carbocycles. The van der Waals surface area contributed by atoms with Crippen LogP contribution >= 0.6 is 11.6 Å². The number of carbonyl (C=O) groups is 1. The second kappa shape index (κ2) is 11.3. The summed E-state index contributed by atoms with van der Waals surface area (Å²) >= 11 is 6.20. The highest BCUT2D eigenvalue weighted by Gasteiger charge is 2.22. The van der Waals surface area contributed by atoms with E-state index in [0.717, 1.165) is 65.0 Å². The molecule has 0 spiro atoms. The zero-order chi connectivity index (χ0) is 21.4. The van der Waals surface area contributed by atoms with Crippen LogP contribution < -0.4 is 14.8 Å². The average molecular weight is 460 g/mol. The molecule has 0 aromatic heterocycles. The Morgan fingerprint density at radius 1 is 1.20 bits per heavy atom. The fourth-order valence-electron chi connectivity index (χ4n) is 3.65. The largest absolute Gasteiger partial charge is 0.482 e. The first-order chi connectivity index (χ1) is 14.4. The van der Waals surface area contributed by atoms with E-state index in [-0.39, 0.29) is 34.2 Å². The van der Waals surface area contributed by atoms with Gasteiger partial charge in [0, 0.05) is 32.2 Å². The summed E-state index contributed by atoms with van der Waals surface area (Å²) in [4.78, 5) is 14.3. The minimum Gasteiger partial charge on any atom is -0.482 e. The number of nitrogens with zero attached hydrogens (tertiary/aromatic N) is 1. The highest BCUT2D eigenvalue weighted by Crippen LogP contribution is 2.28. The summed E-state index contributed by atoms with van der Waals surface area (Å²) in [6.45, 7) is 4.28. The zero-order valence-corrected chi connectivity index (χ0v) is 18.6. The molecule has 2 aliphatic rings. The van der Waals surface area contributed by atoms with Crippen LogP contribution in [-0.2, 0) is 19.6 Å². The minimum absolute atomic E-state index is 0.0281. The van der Waals surface area contributed by atoms with Gasteiger partial charge in [0.2, 0.25) is 10.0 Å². The Morgan fingerprint density at radius 3 is 2.63 bits per heavy atom. The molecule has 0 radical (unpaired) electrons. The number of hydrogen-bond donors (Lipinski definition) is 2. The van der Waals surface area contributed by atoms with Gasteiger partial charge in [-0.05, 0) is 31.0 Å². The molecule has 2 N–H and O–H groups in total. The van der Waals surface area contributed by atoms with Crippen LogP contribution in [0.2, 0.25) is 5.02 Å². The van der Waals surface area contributed by atoms with Gasteiger partial charge < -0.3 is 14.8 Å². The number of halogens is 1. The second-order valence-electron chi connectivity index (χ2n) is 7.64. The van der Waals surface area contributed by atoms with E-state index >= 15 is 0 Å². The maximum Gasteiger partial charge on any atom is 0.257 e. The van der Waals surface area contributed by atoms with Crippen molar-refractivity contribution >= 4 is 27.5 Å². The van der Waals surface area contributed by atoms with Crippen LogP contribution in [0.1, 0.15) is 32.1 Å². The van der Waals surface area contributed by atoms with E-state index in [4.69, 9.17) is 21.1 Å². The van der Waals surface area contributed by atoms with Gasteiger partial charge in [0.05, 0.1) is 23.1 Å². The highest BCUT2D eigenvalue weighted by molar-refractivity contribution is 7.89. The van der Waals surface area contributed by atoms with Crippen molar-refractivity contribution in [2.75, 3.05) is 46.0 Å². The van der Waals surface area contributed by atoms with Gasteiger partial charge in [0.1, 0.15) is 5.75 Å². The molecule has 2 fully saturated rings. The number of morpholine rings is 1. The number of rotatable bonds is 9. The summed E-state index contributed by atoms with van der Waals surface area (Å²) in [7, 11) is -3.64. The molecule has 1 saturated carbocycles. The zero-order valence-electron chi connectivity index (χ0n) is 17.1. The topological polar surface area (TPSA) is 97.0 Å². The minimum atomic E-state index is -3.64. The maximum atomic E-state index is 12.6. The monoisotopic (exact) mass is 459 g/mol. The Hall–Kier alpha value is -1.39. The molecular weight excluding hydrogens is 430 g/mol. The summed E-state index contributed by atoms with van der Waals surface area (Å²) in [6, 6.07) is 4.26. The molecule has 0 atom stereocenters.